The molecule has 0 aliphatic heterocycles. The Hall–Kier alpha value is -1.33. The molecular weight excluding hydrogens is 287 g/mol. The molecule has 0 radical (unpaired) electrons. The monoisotopic (exact) mass is 314 g/mol. The van der Waals surface area contributed by atoms with Crippen LogP contribution in [0.5, 0.6) is 0 Å². The van der Waals surface area contributed by atoms with Crippen molar-refractivity contribution >= 4 is 17.8 Å². The van der Waals surface area contributed by atoms with E-state index in [1.54, 1.807) is 0 Å². The third-order valence-electron chi connectivity index (χ3n) is 4.07. The van der Waals surface area contributed by atoms with Crippen LogP contribution in [-0.2, 0) is 4.57 Å². The van der Waals surface area contributed by atoms with Crippen molar-refractivity contribution in [3.8, 4) is 0 Å². The lowest BCUT2D eigenvalue weighted by molar-refractivity contribution is 0.585. The normalized spacial score (nSPS) is 11.7. The molecule has 0 aliphatic carbocycles. The number of unbranched alkanes of at least 4 members (excludes halogenated alkanes) is 1. The predicted molar refractivity (Wildman–Crippen MR) is 98.5 cm³/mol. The van der Waals surface area contributed by atoms with Crippen molar-refractivity contribution in [3.05, 3.63) is 58.7 Å². The summed E-state index contributed by atoms with van der Waals surface area (Å²) < 4.78 is 14.0. The molecule has 0 N–H and O–H groups in total. The molecule has 1 nitrogen and oxygen atoms in total. The zero-order chi connectivity index (χ0) is 16.3. The quantitative estimate of drug-likeness (QED) is 0.707. The summed E-state index contributed by atoms with van der Waals surface area (Å²) in [4.78, 5) is 0. The summed E-state index contributed by atoms with van der Waals surface area (Å²) in [6, 6.07) is 12.7. The van der Waals surface area contributed by atoms with Crippen molar-refractivity contribution in [2.75, 3.05) is 6.16 Å². The molecule has 2 aromatic rings. The van der Waals surface area contributed by atoms with Crippen molar-refractivity contribution < 1.29 is 4.57 Å². The second-order valence-electron chi connectivity index (χ2n) is 6.51. The molecule has 2 rings (SSSR count). The first kappa shape index (κ1) is 17.0. The molecule has 0 spiro atoms. The molecule has 0 fully saturated rings. The van der Waals surface area contributed by atoms with Crippen molar-refractivity contribution in [3.63, 3.8) is 0 Å². The van der Waals surface area contributed by atoms with Crippen LogP contribution in [0.4, 0.5) is 0 Å². The topological polar surface area (TPSA) is 17.1 Å². The second kappa shape index (κ2) is 6.84. The highest BCUT2D eigenvalue weighted by molar-refractivity contribution is 7.78. The van der Waals surface area contributed by atoms with Crippen LogP contribution >= 0.6 is 7.14 Å². The summed E-state index contributed by atoms with van der Waals surface area (Å²) in [5.74, 6) is 0. The minimum atomic E-state index is -2.55. The van der Waals surface area contributed by atoms with Gasteiger partial charge in [-0.05, 0) is 58.4 Å². The maximum absolute atomic E-state index is 14.0. The van der Waals surface area contributed by atoms with Gasteiger partial charge in [-0.3, -0.25) is 0 Å². The molecule has 0 saturated heterocycles. The Morgan fingerprint density at radius 2 is 1.09 bits per heavy atom. The summed E-state index contributed by atoms with van der Waals surface area (Å²) in [6.45, 7) is 10.5. The van der Waals surface area contributed by atoms with Gasteiger partial charge in [-0.15, -0.1) is 0 Å². The van der Waals surface area contributed by atoms with Gasteiger partial charge in [0, 0.05) is 16.8 Å². The van der Waals surface area contributed by atoms with Gasteiger partial charge in [0.1, 0.15) is 7.14 Å². The fourth-order valence-corrected chi connectivity index (χ4v) is 6.33. The maximum Gasteiger partial charge on any atom is 0.143 e. The van der Waals surface area contributed by atoms with Crippen molar-refractivity contribution in [2.24, 2.45) is 0 Å². The Morgan fingerprint density at radius 3 is 1.41 bits per heavy atom. The third kappa shape index (κ3) is 3.70. The van der Waals surface area contributed by atoms with Crippen LogP contribution in [-0.4, -0.2) is 6.16 Å². The lowest BCUT2D eigenvalue weighted by Gasteiger charge is -2.21. The van der Waals surface area contributed by atoms with Crippen LogP contribution in [0.3, 0.4) is 0 Å². The molecule has 0 bridgehead atoms. The Kier molecular flexibility index (Phi) is 5.29. The Balaban J connectivity index is 2.63. The molecule has 2 aromatic carbocycles. The number of rotatable bonds is 5. The van der Waals surface area contributed by atoms with Crippen LogP contribution in [0.25, 0.3) is 0 Å². The first-order valence-corrected chi connectivity index (χ1v) is 10.0. The van der Waals surface area contributed by atoms with Gasteiger partial charge in [0.25, 0.3) is 0 Å². The number of aryl methyl sites for hydroxylation is 4. The molecule has 2 heteroatoms. The van der Waals surface area contributed by atoms with E-state index >= 15 is 0 Å². The summed E-state index contributed by atoms with van der Waals surface area (Å²) in [6.07, 6.45) is 2.83. The van der Waals surface area contributed by atoms with Gasteiger partial charge in [-0.2, -0.15) is 0 Å². The molecule has 0 atom stereocenters. The summed E-state index contributed by atoms with van der Waals surface area (Å²) in [5.41, 5.74) is 4.76. The summed E-state index contributed by atoms with van der Waals surface area (Å²) in [5, 5.41) is 2.03. The van der Waals surface area contributed by atoms with Crippen LogP contribution in [0, 0.1) is 27.7 Å². The molecular formula is C20H27OP. The molecule has 0 unspecified atom stereocenters. The van der Waals surface area contributed by atoms with Gasteiger partial charge < -0.3 is 4.57 Å². The van der Waals surface area contributed by atoms with Gasteiger partial charge in [-0.25, -0.2) is 0 Å². The van der Waals surface area contributed by atoms with E-state index in [0.29, 0.717) is 0 Å². The number of benzene rings is 2. The van der Waals surface area contributed by atoms with Crippen LogP contribution < -0.4 is 10.6 Å². The molecule has 0 amide bonds. The van der Waals surface area contributed by atoms with E-state index < -0.39 is 7.14 Å². The van der Waals surface area contributed by atoms with E-state index in [-0.39, 0.29) is 0 Å². The van der Waals surface area contributed by atoms with E-state index in [1.165, 1.54) is 22.3 Å². The van der Waals surface area contributed by atoms with Gasteiger partial charge in [0.15, 0.2) is 0 Å². The highest BCUT2D eigenvalue weighted by atomic mass is 31.2. The SMILES string of the molecule is CCCCP(=O)(c1cc(C)cc(C)c1)c1cc(C)cc(C)c1. The first-order chi connectivity index (χ1) is 10.3. The third-order valence-corrected chi connectivity index (χ3v) is 7.20. The second-order valence-corrected chi connectivity index (χ2v) is 9.47. The van der Waals surface area contributed by atoms with Crippen LogP contribution in [0.1, 0.15) is 42.0 Å². The standard InChI is InChI=1S/C20H27OP/c1-6-7-8-22(21,19-11-15(2)9-16(3)12-19)20-13-17(4)10-18(5)14-20/h9-14H,6-8H2,1-5H3. The van der Waals surface area contributed by atoms with E-state index in [4.69, 9.17) is 0 Å². The average Bonchev–Trinajstić information content (AvgIpc) is 2.42. The fraction of sp³-hybridized carbons (Fsp3) is 0.400. The maximum atomic E-state index is 14.0. The van der Waals surface area contributed by atoms with E-state index in [9.17, 15) is 4.57 Å². The minimum absolute atomic E-state index is 0.759. The van der Waals surface area contributed by atoms with Gasteiger partial charge in [0.2, 0.25) is 0 Å². The first-order valence-electron chi connectivity index (χ1n) is 8.12. The fourth-order valence-electron chi connectivity index (χ4n) is 3.11. The lowest BCUT2D eigenvalue weighted by Crippen LogP contribution is -2.20. The minimum Gasteiger partial charge on any atom is -0.314 e. The highest BCUT2D eigenvalue weighted by Gasteiger charge is 2.27. The molecule has 0 heterocycles. The molecule has 0 saturated carbocycles. The Labute approximate surface area is 135 Å². The van der Waals surface area contributed by atoms with Crippen LogP contribution in [0.2, 0.25) is 0 Å². The Morgan fingerprint density at radius 1 is 0.727 bits per heavy atom. The molecule has 22 heavy (non-hydrogen) atoms. The predicted octanol–water partition coefficient (Wildman–Crippen LogP) is 5.03. The summed E-state index contributed by atoms with van der Waals surface area (Å²) >= 11 is 0. The highest BCUT2D eigenvalue weighted by Crippen LogP contribution is 2.45. The zero-order valence-corrected chi connectivity index (χ0v) is 15.3. The lowest BCUT2D eigenvalue weighted by atomic mass is 10.2. The Bertz CT molecular complexity index is 620. The van der Waals surface area contributed by atoms with E-state index in [0.717, 1.165) is 29.6 Å². The molecule has 0 aromatic heterocycles. The number of hydrogen-bond donors (Lipinski definition) is 0. The largest absolute Gasteiger partial charge is 0.314 e. The van der Waals surface area contributed by atoms with Crippen LogP contribution in [0.15, 0.2) is 36.4 Å². The molecule has 0 aliphatic rings. The number of hydrogen-bond acceptors (Lipinski definition) is 1. The zero-order valence-electron chi connectivity index (χ0n) is 14.4. The van der Waals surface area contributed by atoms with Gasteiger partial charge in [-0.1, -0.05) is 47.7 Å². The van der Waals surface area contributed by atoms with Crippen molar-refractivity contribution in [1.29, 1.82) is 0 Å². The van der Waals surface area contributed by atoms with E-state index in [2.05, 4.69) is 71.0 Å². The van der Waals surface area contributed by atoms with E-state index in [1.807, 2.05) is 0 Å². The smallest absolute Gasteiger partial charge is 0.143 e. The summed E-state index contributed by atoms with van der Waals surface area (Å²) in [7, 11) is -2.55. The van der Waals surface area contributed by atoms with Gasteiger partial charge >= 0.3 is 0 Å². The van der Waals surface area contributed by atoms with Gasteiger partial charge in [0.05, 0.1) is 0 Å². The molecule has 118 valence electrons. The van der Waals surface area contributed by atoms with Crippen molar-refractivity contribution in [1.82, 2.24) is 0 Å². The average molecular weight is 314 g/mol. The van der Waals surface area contributed by atoms with Crippen molar-refractivity contribution in [2.45, 2.75) is 47.5 Å².